The molecule has 0 bridgehead atoms. The molecule has 1 unspecified atom stereocenters. The minimum Gasteiger partial charge on any atom is -0.505 e. The molecule has 1 fully saturated rings. The highest BCUT2D eigenvalue weighted by Crippen LogP contribution is 2.45. The summed E-state index contributed by atoms with van der Waals surface area (Å²) in [6.07, 6.45) is 1.84. The van der Waals surface area contributed by atoms with Crippen LogP contribution in [0.4, 0.5) is 5.13 Å². The van der Waals surface area contributed by atoms with Gasteiger partial charge in [-0.1, -0.05) is 59.3 Å². The largest absolute Gasteiger partial charge is 0.505 e. The number of amides is 1. The number of nitrogens with zero attached hydrogens (tertiary/aromatic N) is 4. The first-order chi connectivity index (χ1) is 20.8. The lowest BCUT2D eigenvalue weighted by Gasteiger charge is -2.23. The number of benzene rings is 3. The molecule has 0 saturated carbocycles. The molecule has 1 amide bonds. The van der Waals surface area contributed by atoms with E-state index in [2.05, 4.69) is 9.97 Å². The maximum absolute atomic E-state index is 13.8. The van der Waals surface area contributed by atoms with Crippen molar-refractivity contribution in [1.29, 1.82) is 0 Å². The van der Waals surface area contributed by atoms with Crippen molar-refractivity contribution < 1.29 is 19.4 Å². The van der Waals surface area contributed by atoms with Crippen LogP contribution in [0, 0.1) is 13.8 Å². The number of imidazole rings is 1. The van der Waals surface area contributed by atoms with Gasteiger partial charge in [0, 0.05) is 11.2 Å². The number of para-hydroxylation sites is 1. The molecule has 0 spiro atoms. The minimum absolute atomic E-state index is 0.0803. The van der Waals surface area contributed by atoms with Gasteiger partial charge in [-0.3, -0.25) is 14.5 Å². The molecule has 3 aromatic heterocycles. The third-order valence-corrected chi connectivity index (χ3v) is 8.70. The van der Waals surface area contributed by atoms with Crippen molar-refractivity contribution in [3.63, 3.8) is 0 Å². The van der Waals surface area contributed by atoms with Gasteiger partial charge in [0.15, 0.2) is 10.9 Å². The van der Waals surface area contributed by atoms with Gasteiger partial charge in [-0.15, -0.1) is 0 Å². The fourth-order valence-corrected chi connectivity index (χ4v) is 6.65. The molecular weight excluding hydrogens is 584 g/mol. The van der Waals surface area contributed by atoms with Crippen LogP contribution in [0.3, 0.4) is 0 Å². The molecule has 7 rings (SSSR count). The Balaban J connectivity index is 1.43. The van der Waals surface area contributed by atoms with Crippen LogP contribution in [0.25, 0.3) is 21.6 Å². The molecule has 8 nitrogen and oxygen atoms in total. The standard InChI is InChI=1S/C33H23ClN4O4S/c1-18-8-7-15-37-19(2)27(36-31(18)37)29(39)26-28(20-9-6-12-23(16-20)42-22-10-4-3-5-11-22)38(32(41)30(26)40)33-35-24-14-13-21(34)17-25(24)43-33/h3-17,28,39H,1-2H3. The zero-order chi connectivity index (χ0) is 29.8. The summed E-state index contributed by atoms with van der Waals surface area (Å²) in [5.74, 6) is -0.853. The van der Waals surface area contributed by atoms with Gasteiger partial charge in [0.2, 0.25) is 0 Å². The van der Waals surface area contributed by atoms with Gasteiger partial charge < -0.3 is 14.2 Å². The summed E-state index contributed by atoms with van der Waals surface area (Å²) in [5.41, 5.74) is 3.53. The van der Waals surface area contributed by atoms with E-state index in [-0.39, 0.29) is 17.0 Å². The van der Waals surface area contributed by atoms with Crippen molar-refractivity contribution in [2.75, 3.05) is 4.90 Å². The molecule has 6 aromatic rings. The van der Waals surface area contributed by atoms with E-state index in [0.29, 0.717) is 44.1 Å². The van der Waals surface area contributed by atoms with Gasteiger partial charge >= 0.3 is 5.91 Å². The Kier molecular flexibility index (Phi) is 6.49. The second kappa shape index (κ2) is 10.4. The normalized spacial score (nSPS) is 16.4. The van der Waals surface area contributed by atoms with Gasteiger partial charge in [-0.25, -0.2) is 9.97 Å². The SMILES string of the molecule is Cc1cccn2c(C)c(C(O)=C3C(=O)C(=O)N(c4nc5ccc(Cl)cc5s4)C3c3cccc(Oc4ccccc4)c3)nc12. The number of ketones is 1. The summed E-state index contributed by atoms with van der Waals surface area (Å²) in [7, 11) is 0. The van der Waals surface area contributed by atoms with Crippen molar-refractivity contribution in [2.24, 2.45) is 0 Å². The van der Waals surface area contributed by atoms with Crippen LogP contribution in [-0.4, -0.2) is 31.2 Å². The number of aryl methyl sites for hydroxylation is 2. The van der Waals surface area contributed by atoms with Crippen LogP contribution in [0.5, 0.6) is 11.5 Å². The topological polar surface area (TPSA) is 97.0 Å². The number of aromatic nitrogens is 3. The molecule has 1 aliphatic rings. The summed E-state index contributed by atoms with van der Waals surface area (Å²) in [6, 6.07) is 24.5. The van der Waals surface area contributed by atoms with Crippen LogP contribution in [-0.2, 0) is 9.59 Å². The predicted molar refractivity (Wildman–Crippen MR) is 167 cm³/mol. The quantitative estimate of drug-likeness (QED) is 0.123. The van der Waals surface area contributed by atoms with Crippen LogP contribution >= 0.6 is 22.9 Å². The zero-order valence-corrected chi connectivity index (χ0v) is 24.6. The number of ether oxygens (including phenoxy) is 1. The minimum atomic E-state index is -0.999. The summed E-state index contributed by atoms with van der Waals surface area (Å²) in [6.45, 7) is 3.73. The summed E-state index contributed by atoms with van der Waals surface area (Å²) in [4.78, 5) is 38.3. The summed E-state index contributed by atoms with van der Waals surface area (Å²) < 4.78 is 8.69. The van der Waals surface area contributed by atoms with Crippen molar-refractivity contribution in [3.05, 3.63) is 124 Å². The molecule has 10 heteroatoms. The molecular formula is C33H23ClN4O4S. The van der Waals surface area contributed by atoms with Crippen LogP contribution in [0.15, 0.2) is 96.7 Å². The molecule has 1 N–H and O–H groups in total. The average Bonchev–Trinajstić information content (AvgIpc) is 3.65. The number of hydrogen-bond donors (Lipinski definition) is 1. The molecule has 1 atom stereocenters. The Morgan fingerprint density at radius 3 is 2.51 bits per heavy atom. The van der Waals surface area contributed by atoms with E-state index in [1.165, 1.54) is 16.2 Å². The maximum atomic E-state index is 13.8. The number of anilines is 1. The van der Waals surface area contributed by atoms with E-state index < -0.39 is 17.7 Å². The Labute approximate surface area is 255 Å². The van der Waals surface area contributed by atoms with Crippen LogP contribution < -0.4 is 9.64 Å². The van der Waals surface area contributed by atoms with Crippen molar-refractivity contribution >= 4 is 61.4 Å². The number of hydrogen-bond acceptors (Lipinski definition) is 7. The lowest BCUT2D eigenvalue weighted by molar-refractivity contribution is -0.132. The van der Waals surface area contributed by atoms with Crippen molar-refractivity contribution in [3.8, 4) is 11.5 Å². The molecule has 0 radical (unpaired) electrons. The highest BCUT2D eigenvalue weighted by atomic mass is 35.5. The second-order valence-electron chi connectivity index (χ2n) is 10.2. The zero-order valence-electron chi connectivity index (χ0n) is 23.0. The first-order valence-corrected chi connectivity index (χ1v) is 14.6. The lowest BCUT2D eigenvalue weighted by Crippen LogP contribution is -2.29. The number of carbonyl (C=O) groups excluding carboxylic acids is 2. The van der Waals surface area contributed by atoms with Crippen molar-refractivity contribution in [2.45, 2.75) is 19.9 Å². The van der Waals surface area contributed by atoms with Gasteiger partial charge in [0.25, 0.3) is 5.78 Å². The van der Waals surface area contributed by atoms with Crippen LogP contribution in [0.2, 0.25) is 5.02 Å². The Morgan fingerprint density at radius 1 is 0.930 bits per heavy atom. The molecule has 0 aliphatic carbocycles. The number of Topliss-reactive ketones (excluding diaryl/α,β-unsaturated/α-hetero) is 1. The van der Waals surface area contributed by atoms with E-state index in [9.17, 15) is 14.7 Å². The number of halogens is 1. The number of aliphatic hydroxyl groups is 1. The average molecular weight is 607 g/mol. The smallest absolute Gasteiger partial charge is 0.301 e. The third kappa shape index (κ3) is 4.54. The molecule has 4 heterocycles. The number of aliphatic hydroxyl groups excluding tert-OH is 1. The molecule has 212 valence electrons. The van der Waals surface area contributed by atoms with Gasteiger partial charge in [0.05, 0.1) is 27.5 Å². The van der Waals surface area contributed by atoms with E-state index in [1.54, 1.807) is 42.5 Å². The van der Waals surface area contributed by atoms with E-state index in [4.69, 9.17) is 16.3 Å². The Hall–Kier alpha value is -4.99. The highest BCUT2D eigenvalue weighted by Gasteiger charge is 2.48. The van der Waals surface area contributed by atoms with E-state index >= 15 is 0 Å². The molecule has 3 aromatic carbocycles. The predicted octanol–water partition coefficient (Wildman–Crippen LogP) is 7.63. The molecule has 1 saturated heterocycles. The highest BCUT2D eigenvalue weighted by molar-refractivity contribution is 7.22. The molecule has 43 heavy (non-hydrogen) atoms. The Bertz CT molecular complexity index is 2120. The lowest BCUT2D eigenvalue weighted by atomic mass is 9.96. The second-order valence-corrected chi connectivity index (χ2v) is 11.6. The van der Waals surface area contributed by atoms with Gasteiger partial charge in [-0.05, 0) is 73.5 Å². The number of fused-ring (bicyclic) bond motifs is 2. The fourth-order valence-electron chi connectivity index (χ4n) is 5.38. The Morgan fingerprint density at radius 2 is 1.72 bits per heavy atom. The number of carbonyl (C=O) groups is 2. The number of pyridine rings is 1. The van der Waals surface area contributed by atoms with Crippen molar-refractivity contribution in [1.82, 2.24) is 14.4 Å². The first-order valence-electron chi connectivity index (χ1n) is 13.4. The third-order valence-electron chi connectivity index (χ3n) is 7.45. The summed E-state index contributed by atoms with van der Waals surface area (Å²) in [5, 5.41) is 12.6. The fraction of sp³-hybridized carbons (Fsp3) is 0.0909. The summed E-state index contributed by atoms with van der Waals surface area (Å²) >= 11 is 7.46. The first kappa shape index (κ1) is 26.9. The van der Waals surface area contributed by atoms with E-state index in [0.717, 1.165) is 10.3 Å². The van der Waals surface area contributed by atoms with E-state index in [1.807, 2.05) is 66.9 Å². The number of rotatable bonds is 5. The van der Waals surface area contributed by atoms with Gasteiger partial charge in [-0.2, -0.15) is 0 Å². The number of thiazole rings is 1. The molecule has 1 aliphatic heterocycles. The monoisotopic (exact) mass is 606 g/mol. The van der Waals surface area contributed by atoms with Crippen LogP contribution in [0.1, 0.15) is 28.6 Å². The van der Waals surface area contributed by atoms with Gasteiger partial charge in [0.1, 0.15) is 22.8 Å². The maximum Gasteiger partial charge on any atom is 0.301 e.